The van der Waals surface area contributed by atoms with E-state index in [4.69, 9.17) is 4.42 Å². The summed E-state index contributed by atoms with van der Waals surface area (Å²) in [4.78, 5) is 19.9. The lowest BCUT2D eigenvalue weighted by molar-refractivity contribution is 0.251. The Morgan fingerprint density at radius 3 is 3.00 bits per heavy atom. The van der Waals surface area contributed by atoms with E-state index in [1.54, 1.807) is 12.5 Å². The van der Waals surface area contributed by atoms with Gasteiger partial charge < -0.3 is 9.73 Å². The third-order valence-electron chi connectivity index (χ3n) is 3.09. The lowest BCUT2D eigenvalue weighted by Gasteiger charge is -2.06. The van der Waals surface area contributed by atoms with Crippen LogP contribution in [0.5, 0.6) is 0 Å². The molecule has 21 heavy (non-hydrogen) atoms. The summed E-state index contributed by atoms with van der Waals surface area (Å²) in [6.45, 7) is 4.61. The zero-order valence-electron chi connectivity index (χ0n) is 12.3. The standard InChI is InChI=1S/C15H20N4O2/c1-3-4-13-10-21-15(18-13)19-14(20)17-8-6-12-5-7-16-9-11(12)2/h5,7,9-10H,3-4,6,8H2,1-2H3,(H2,17,18,19,20). The van der Waals surface area contributed by atoms with E-state index in [1.807, 2.05) is 19.2 Å². The van der Waals surface area contributed by atoms with Crippen molar-refractivity contribution in [3.8, 4) is 0 Å². The van der Waals surface area contributed by atoms with Crippen molar-refractivity contribution in [1.82, 2.24) is 15.3 Å². The van der Waals surface area contributed by atoms with Gasteiger partial charge in [-0.2, -0.15) is 4.98 Å². The number of aryl methyl sites for hydroxylation is 2. The fraction of sp³-hybridized carbons (Fsp3) is 0.400. The van der Waals surface area contributed by atoms with E-state index in [0.717, 1.165) is 30.5 Å². The highest BCUT2D eigenvalue weighted by Crippen LogP contribution is 2.09. The van der Waals surface area contributed by atoms with Crippen molar-refractivity contribution in [3.63, 3.8) is 0 Å². The lowest BCUT2D eigenvalue weighted by Crippen LogP contribution is -2.30. The van der Waals surface area contributed by atoms with Crippen molar-refractivity contribution >= 4 is 12.0 Å². The van der Waals surface area contributed by atoms with Gasteiger partial charge in [-0.05, 0) is 37.0 Å². The molecule has 6 heteroatoms. The van der Waals surface area contributed by atoms with Crippen LogP contribution in [0.2, 0.25) is 0 Å². The number of pyridine rings is 1. The van der Waals surface area contributed by atoms with E-state index in [9.17, 15) is 4.79 Å². The Bertz CT molecular complexity index is 595. The predicted octanol–water partition coefficient (Wildman–Crippen LogP) is 2.69. The number of carbonyl (C=O) groups excluding carboxylic acids is 1. The van der Waals surface area contributed by atoms with E-state index in [0.29, 0.717) is 6.54 Å². The van der Waals surface area contributed by atoms with Gasteiger partial charge in [0.05, 0.1) is 5.69 Å². The summed E-state index contributed by atoms with van der Waals surface area (Å²) in [6, 6.07) is 1.88. The lowest BCUT2D eigenvalue weighted by atomic mass is 10.1. The second-order valence-corrected chi connectivity index (χ2v) is 4.83. The Hall–Kier alpha value is -2.37. The van der Waals surface area contributed by atoms with Gasteiger partial charge in [0.1, 0.15) is 6.26 Å². The molecular weight excluding hydrogens is 268 g/mol. The maximum Gasteiger partial charge on any atom is 0.322 e. The summed E-state index contributed by atoms with van der Waals surface area (Å²) in [5.41, 5.74) is 3.14. The van der Waals surface area contributed by atoms with Gasteiger partial charge in [0.15, 0.2) is 0 Å². The highest BCUT2D eigenvalue weighted by Gasteiger charge is 2.07. The van der Waals surface area contributed by atoms with Gasteiger partial charge in [-0.25, -0.2) is 4.79 Å². The van der Waals surface area contributed by atoms with Crippen molar-refractivity contribution in [2.45, 2.75) is 33.1 Å². The Morgan fingerprint density at radius 2 is 2.24 bits per heavy atom. The molecule has 2 aromatic rings. The second kappa shape index (κ2) is 7.42. The fourth-order valence-corrected chi connectivity index (χ4v) is 1.97. The maximum atomic E-state index is 11.7. The molecule has 0 bridgehead atoms. The number of urea groups is 1. The molecule has 2 aromatic heterocycles. The minimum atomic E-state index is -0.313. The van der Waals surface area contributed by atoms with E-state index in [2.05, 4.69) is 27.5 Å². The number of anilines is 1. The van der Waals surface area contributed by atoms with Crippen molar-refractivity contribution < 1.29 is 9.21 Å². The smallest absolute Gasteiger partial charge is 0.322 e. The summed E-state index contributed by atoms with van der Waals surface area (Å²) in [5.74, 6) is 0. The zero-order valence-corrected chi connectivity index (χ0v) is 12.3. The quantitative estimate of drug-likeness (QED) is 0.856. The molecule has 0 atom stereocenters. The van der Waals surface area contributed by atoms with E-state index in [-0.39, 0.29) is 12.0 Å². The van der Waals surface area contributed by atoms with Crippen molar-refractivity contribution in [3.05, 3.63) is 41.5 Å². The molecule has 0 aromatic carbocycles. The molecule has 0 spiro atoms. The number of oxazole rings is 1. The van der Waals surface area contributed by atoms with Crippen LogP contribution in [-0.4, -0.2) is 22.5 Å². The molecule has 0 saturated heterocycles. The summed E-state index contributed by atoms with van der Waals surface area (Å²) >= 11 is 0. The topological polar surface area (TPSA) is 80.0 Å². The van der Waals surface area contributed by atoms with Crippen molar-refractivity contribution in [2.24, 2.45) is 0 Å². The Kier molecular flexibility index (Phi) is 5.31. The highest BCUT2D eigenvalue weighted by atomic mass is 16.4. The molecule has 0 fully saturated rings. The Balaban J connectivity index is 1.75. The van der Waals surface area contributed by atoms with Crippen LogP contribution in [0.1, 0.15) is 30.2 Å². The number of aromatic nitrogens is 2. The molecule has 0 radical (unpaired) electrons. The van der Waals surface area contributed by atoms with E-state index < -0.39 is 0 Å². The largest absolute Gasteiger partial charge is 0.432 e. The first-order chi connectivity index (χ1) is 10.2. The first-order valence-electron chi connectivity index (χ1n) is 7.07. The molecule has 6 nitrogen and oxygen atoms in total. The SMILES string of the molecule is CCCc1coc(NC(=O)NCCc2ccncc2C)n1. The van der Waals surface area contributed by atoms with Crippen molar-refractivity contribution in [2.75, 3.05) is 11.9 Å². The number of amides is 2. The summed E-state index contributed by atoms with van der Waals surface area (Å²) in [5, 5.41) is 5.36. The molecule has 2 heterocycles. The normalized spacial score (nSPS) is 10.4. The number of hydrogen-bond donors (Lipinski definition) is 2. The van der Waals surface area contributed by atoms with Gasteiger partial charge in [-0.3, -0.25) is 10.3 Å². The molecule has 0 unspecified atom stereocenters. The average molecular weight is 288 g/mol. The summed E-state index contributed by atoms with van der Waals surface area (Å²) < 4.78 is 5.18. The van der Waals surface area contributed by atoms with Gasteiger partial charge in [0.25, 0.3) is 0 Å². The first kappa shape index (κ1) is 15.0. The average Bonchev–Trinajstić information content (AvgIpc) is 2.88. The second-order valence-electron chi connectivity index (χ2n) is 4.83. The van der Waals surface area contributed by atoms with Crippen LogP contribution in [0.4, 0.5) is 10.8 Å². The van der Waals surface area contributed by atoms with Gasteiger partial charge in [0.2, 0.25) is 0 Å². The summed E-state index contributed by atoms with van der Waals surface area (Å²) in [7, 11) is 0. The van der Waals surface area contributed by atoms with Crippen LogP contribution < -0.4 is 10.6 Å². The van der Waals surface area contributed by atoms with Gasteiger partial charge in [-0.1, -0.05) is 13.3 Å². The Labute approximate surface area is 124 Å². The number of nitrogens with zero attached hydrogens (tertiary/aromatic N) is 2. The minimum absolute atomic E-state index is 0.232. The third-order valence-corrected chi connectivity index (χ3v) is 3.09. The van der Waals surface area contributed by atoms with Crippen LogP contribution in [-0.2, 0) is 12.8 Å². The Morgan fingerprint density at radius 1 is 1.38 bits per heavy atom. The molecule has 112 valence electrons. The van der Waals surface area contributed by atoms with Gasteiger partial charge in [0, 0.05) is 18.9 Å². The molecule has 2 rings (SSSR count). The van der Waals surface area contributed by atoms with Crippen LogP contribution in [0.15, 0.2) is 29.1 Å². The van der Waals surface area contributed by atoms with E-state index in [1.165, 1.54) is 5.56 Å². The summed E-state index contributed by atoms with van der Waals surface area (Å²) in [6.07, 6.45) is 7.73. The molecule has 0 saturated carbocycles. The van der Waals surface area contributed by atoms with Crippen molar-refractivity contribution in [1.29, 1.82) is 0 Å². The number of rotatable bonds is 6. The fourth-order valence-electron chi connectivity index (χ4n) is 1.97. The van der Waals surface area contributed by atoms with Gasteiger partial charge >= 0.3 is 12.0 Å². The number of carbonyl (C=O) groups is 1. The molecule has 0 aliphatic carbocycles. The third kappa shape index (κ3) is 4.59. The van der Waals surface area contributed by atoms with E-state index >= 15 is 0 Å². The maximum absolute atomic E-state index is 11.7. The molecular formula is C15H20N4O2. The van der Waals surface area contributed by atoms with Crippen LogP contribution >= 0.6 is 0 Å². The molecule has 0 aliphatic heterocycles. The van der Waals surface area contributed by atoms with Crippen LogP contribution in [0.25, 0.3) is 0 Å². The number of hydrogen-bond acceptors (Lipinski definition) is 4. The highest BCUT2D eigenvalue weighted by molar-refractivity contribution is 5.86. The van der Waals surface area contributed by atoms with Gasteiger partial charge in [-0.15, -0.1) is 0 Å². The molecule has 2 N–H and O–H groups in total. The zero-order chi connectivity index (χ0) is 15.1. The predicted molar refractivity (Wildman–Crippen MR) is 80.2 cm³/mol. The molecule has 0 aliphatic rings. The van der Waals surface area contributed by atoms with Crippen LogP contribution in [0, 0.1) is 6.92 Å². The molecule has 2 amide bonds. The minimum Gasteiger partial charge on any atom is -0.432 e. The van der Waals surface area contributed by atoms with Crippen LogP contribution in [0.3, 0.4) is 0 Å². The monoisotopic (exact) mass is 288 g/mol. The first-order valence-corrected chi connectivity index (χ1v) is 7.07. The number of nitrogens with one attached hydrogen (secondary N) is 2.